The van der Waals surface area contributed by atoms with Crippen LogP contribution in [0, 0.1) is 0 Å². The van der Waals surface area contributed by atoms with Crippen LogP contribution < -0.4 is 6.15 Å². The van der Waals surface area contributed by atoms with E-state index in [2.05, 4.69) is 0 Å². The molecule has 0 saturated heterocycles. The molecule has 0 unspecified atom stereocenters. The van der Waals surface area contributed by atoms with Gasteiger partial charge in [-0.15, -0.1) is 0 Å². The Bertz CT molecular complexity index is 8.00. The molecule has 0 heterocycles. The van der Waals surface area contributed by atoms with Crippen LogP contribution >= 0.6 is 13.5 Å². The third-order valence-corrected chi connectivity index (χ3v) is 0. The molecule has 3 N–H and O–H groups in total. The van der Waals surface area contributed by atoms with Crippen molar-refractivity contribution >= 4 is 24.5 Å². The Hall–Kier alpha value is 0.527. The third-order valence-electron chi connectivity index (χ3n) is 0. The highest BCUT2D eigenvalue weighted by molar-refractivity contribution is 7.59. The monoisotopic (exact) mass is 99.1 g/mol. The highest BCUT2D eigenvalue weighted by atomic mass is 32.1. The Kier molecular flexibility index (Phi) is 4110. The van der Waals surface area contributed by atoms with E-state index in [9.17, 15) is 0 Å². The maximum absolute atomic E-state index is 0. The minimum Gasteiger partial charge on any atom is -0.344 e. The first-order valence-corrected chi connectivity index (χ1v) is 0. The van der Waals surface area contributed by atoms with Gasteiger partial charge in [0, 0.05) is 0 Å². The molecule has 32 valence electrons. The quantitative estimate of drug-likeness (QED) is 0.407. The van der Waals surface area contributed by atoms with Crippen LogP contribution in [0.2, 0.25) is 0 Å². The van der Waals surface area contributed by atoms with Crippen molar-refractivity contribution in [3.8, 4) is 0 Å². The van der Waals surface area contributed by atoms with E-state index in [0.29, 0.717) is 0 Å². The van der Waals surface area contributed by atoms with Crippen LogP contribution in [0.1, 0.15) is 7.43 Å². The molecule has 0 aliphatic heterocycles. The molecule has 1 nitrogen and oxygen atoms in total. The van der Waals surface area contributed by atoms with Gasteiger partial charge in [-0.3, -0.25) is 0 Å². The highest BCUT2D eigenvalue weighted by Crippen LogP contribution is 0.648. The van der Waals surface area contributed by atoms with Crippen molar-refractivity contribution in [1.29, 1.82) is 0 Å². The predicted molar refractivity (Wildman–Crippen MR) is 33.5 cm³/mol. The van der Waals surface area contributed by atoms with Crippen LogP contribution in [0.4, 0.5) is 0 Å². The van der Waals surface area contributed by atoms with Gasteiger partial charge in [0.05, 0.1) is 0 Å². The maximum Gasteiger partial charge on any atom is -0.0149 e. The number of hydrogen-bond acceptors (Lipinski definition) is 1. The largest absolute Gasteiger partial charge is 0.344 e. The van der Waals surface area contributed by atoms with Gasteiger partial charge in [-0.1, -0.05) is 7.43 Å². The molecule has 0 atom stereocenters. The smallest absolute Gasteiger partial charge is 0.0149 e. The van der Waals surface area contributed by atoms with Crippen molar-refractivity contribution in [3.63, 3.8) is 0 Å². The Morgan fingerprint density at radius 2 is 1.00 bits per heavy atom. The molecule has 0 rings (SSSR count). The molecule has 0 bridgehead atoms. The summed E-state index contributed by atoms with van der Waals surface area (Å²) in [6, 6.07) is 0. The van der Waals surface area contributed by atoms with Crippen LogP contribution in [-0.4, -0.2) is 11.0 Å². The van der Waals surface area contributed by atoms with Gasteiger partial charge in [0.1, 0.15) is 0 Å². The van der Waals surface area contributed by atoms with E-state index < -0.39 is 0 Å². The normalized spacial score (nSPS) is 0. The minimum absolute atomic E-state index is 0. The van der Waals surface area contributed by atoms with E-state index in [1.54, 1.807) is 0 Å². The van der Waals surface area contributed by atoms with E-state index in [4.69, 9.17) is 0 Å². The molecule has 0 aliphatic rings. The lowest BCUT2D eigenvalue weighted by Gasteiger charge is -0.344. The van der Waals surface area contributed by atoms with Crippen molar-refractivity contribution in [2.24, 2.45) is 0 Å². The Morgan fingerprint density at radius 1 is 1.00 bits per heavy atom. The van der Waals surface area contributed by atoms with Gasteiger partial charge in [0.25, 0.3) is 0 Å². The van der Waals surface area contributed by atoms with E-state index in [0.717, 1.165) is 0 Å². The summed E-state index contributed by atoms with van der Waals surface area (Å²) in [4.78, 5) is 0. The molecular weight excluding hydrogens is 86.2 g/mol. The summed E-state index contributed by atoms with van der Waals surface area (Å²) in [7, 11) is 0. The van der Waals surface area contributed by atoms with Crippen molar-refractivity contribution in [3.05, 3.63) is 0 Å². The lowest BCUT2D eigenvalue weighted by molar-refractivity contribution is 2.13. The molecule has 0 saturated carbocycles. The molecule has 0 aliphatic carbocycles. The number of rotatable bonds is 0. The summed E-state index contributed by atoms with van der Waals surface area (Å²) in [5, 5.41) is 0. The van der Waals surface area contributed by atoms with Gasteiger partial charge in [-0.2, -0.15) is 13.5 Å². The second-order valence-corrected chi connectivity index (χ2v) is 0. The summed E-state index contributed by atoms with van der Waals surface area (Å²) < 4.78 is 0. The SMILES string of the molecule is C.N.S.[SiH4]. The summed E-state index contributed by atoms with van der Waals surface area (Å²) >= 11 is 0. The van der Waals surface area contributed by atoms with Crippen molar-refractivity contribution in [2.45, 2.75) is 7.43 Å². The van der Waals surface area contributed by atoms with Gasteiger partial charge in [0.15, 0.2) is 0 Å². The third kappa shape index (κ3) is 21.2. The molecule has 0 radical (unpaired) electrons. The topological polar surface area (TPSA) is 35.0 Å². The van der Waals surface area contributed by atoms with Crippen LogP contribution in [0.15, 0.2) is 0 Å². The number of hydrogen-bond donors (Lipinski definition) is 1. The molecule has 0 amide bonds. The van der Waals surface area contributed by atoms with E-state index in [-0.39, 0.29) is 38.0 Å². The van der Waals surface area contributed by atoms with Crippen molar-refractivity contribution in [1.82, 2.24) is 6.15 Å². The zero-order valence-corrected chi connectivity index (χ0v) is 2.21. The van der Waals surface area contributed by atoms with E-state index in [1.807, 2.05) is 0 Å². The van der Waals surface area contributed by atoms with E-state index >= 15 is 0 Å². The molecule has 0 spiro atoms. The van der Waals surface area contributed by atoms with Gasteiger partial charge < -0.3 is 6.15 Å². The van der Waals surface area contributed by atoms with Crippen molar-refractivity contribution in [2.75, 3.05) is 0 Å². The summed E-state index contributed by atoms with van der Waals surface area (Å²) in [5.74, 6) is 0. The zero-order valence-electron chi connectivity index (χ0n) is 1.21. The summed E-state index contributed by atoms with van der Waals surface area (Å²) in [6.07, 6.45) is 0. The average Bonchev–Trinajstić information content (AvgIpc) is 0. The average molecular weight is 99.3 g/mol. The van der Waals surface area contributed by atoms with Gasteiger partial charge in [-0.05, 0) is 11.0 Å². The molecule has 3 heteroatoms. The zero-order chi connectivity index (χ0) is 0. The van der Waals surface area contributed by atoms with Crippen LogP contribution in [0.3, 0.4) is 0 Å². The molecule has 0 aromatic rings. The molecular formula is CH13NSSi. The first-order valence-electron chi connectivity index (χ1n) is 0. The Morgan fingerprint density at radius 3 is 1.00 bits per heavy atom. The van der Waals surface area contributed by atoms with Crippen LogP contribution in [-0.2, 0) is 0 Å². The Labute approximate surface area is 38.8 Å². The first-order chi connectivity index (χ1) is 0. The molecule has 4 heavy (non-hydrogen) atoms. The maximum atomic E-state index is 0. The summed E-state index contributed by atoms with van der Waals surface area (Å²) in [5.41, 5.74) is 0. The minimum atomic E-state index is 0. The van der Waals surface area contributed by atoms with Crippen LogP contribution in [0.25, 0.3) is 0 Å². The van der Waals surface area contributed by atoms with Crippen molar-refractivity contribution < 1.29 is 0 Å². The first kappa shape index (κ1) is 203. The summed E-state index contributed by atoms with van der Waals surface area (Å²) in [6.45, 7) is 0. The van der Waals surface area contributed by atoms with Gasteiger partial charge in [0.2, 0.25) is 0 Å². The second kappa shape index (κ2) is 81.1. The fourth-order valence-corrected chi connectivity index (χ4v) is 0. The fourth-order valence-electron chi connectivity index (χ4n) is 0. The lowest BCUT2D eigenvalue weighted by Crippen LogP contribution is -0.481. The Balaban J connectivity index is 0. The second-order valence-electron chi connectivity index (χ2n) is 0. The standard InChI is InChI=1S/CH4.H3N.H2S.H4Si/h1H4;1H3;1H2;1H4. The van der Waals surface area contributed by atoms with Gasteiger partial charge >= 0.3 is 0 Å². The molecule has 0 aromatic carbocycles. The fraction of sp³-hybridized carbons (Fsp3) is 1.00. The van der Waals surface area contributed by atoms with Crippen LogP contribution in [0.5, 0.6) is 0 Å². The molecule has 0 aromatic heterocycles. The van der Waals surface area contributed by atoms with Gasteiger partial charge in [-0.25, -0.2) is 0 Å². The van der Waals surface area contributed by atoms with E-state index in [1.165, 1.54) is 0 Å². The highest BCUT2D eigenvalue weighted by Gasteiger charge is -0.0148. The molecule has 0 fully saturated rings. The lowest BCUT2D eigenvalue weighted by atomic mass is 12.0. The predicted octanol–water partition coefficient (Wildman–Crippen LogP) is -0.541.